The van der Waals surface area contributed by atoms with Crippen molar-refractivity contribution in [3.05, 3.63) is 88.9 Å². The summed E-state index contributed by atoms with van der Waals surface area (Å²) in [6.45, 7) is 16.4. The van der Waals surface area contributed by atoms with Crippen LogP contribution < -0.4 is 22.2 Å². The van der Waals surface area contributed by atoms with Gasteiger partial charge >= 0.3 is 11.9 Å². The van der Waals surface area contributed by atoms with Crippen molar-refractivity contribution >= 4 is 87.3 Å². The lowest BCUT2D eigenvalue weighted by Crippen LogP contribution is -2.37. The van der Waals surface area contributed by atoms with Crippen molar-refractivity contribution in [1.29, 1.82) is 0 Å². The maximum atomic E-state index is 15.5. The van der Waals surface area contributed by atoms with Gasteiger partial charge in [-0.2, -0.15) is 0 Å². The number of rotatable bonds is 24. The number of pyridine rings is 2. The van der Waals surface area contributed by atoms with Crippen LogP contribution in [-0.4, -0.2) is 33.3 Å². The normalized spacial score (nSPS) is 13.4. The quantitative estimate of drug-likeness (QED) is 0.0253. The molecule has 0 N–H and O–H groups in total. The van der Waals surface area contributed by atoms with Crippen LogP contribution in [0.5, 0.6) is 0 Å². The largest absolute Gasteiger partial charge is 0.459 e. The van der Waals surface area contributed by atoms with Crippen LogP contribution in [0.4, 0.5) is 0 Å². The Labute approximate surface area is 398 Å². The van der Waals surface area contributed by atoms with E-state index in [-0.39, 0.29) is 45.1 Å². The molecule has 2 atom stereocenters. The number of ether oxygens (including phenoxy) is 2. The zero-order valence-corrected chi connectivity index (χ0v) is 41.7. The van der Waals surface area contributed by atoms with Crippen LogP contribution in [0.15, 0.2) is 55.6 Å². The van der Waals surface area contributed by atoms with Crippen LogP contribution in [0.3, 0.4) is 0 Å². The molecule has 360 valence electrons. The summed E-state index contributed by atoms with van der Waals surface area (Å²) in [5.74, 6) is -1.42. The number of aromatic nitrogens is 2. The summed E-state index contributed by atoms with van der Waals surface area (Å²) >= 11 is 0. The topological polar surface area (TPSA) is 131 Å². The summed E-state index contributed by atoms with van der Waals surface area (Å²) in [7, 11) is 0. The van der Waals surface area contributed by atoms with Gasteiger partial charge in [0.25, 0.3) is 22.2 Å². The van der Waals surface area contributed by atoms with E-state index in [2.05, 4.69) is 13.8 Å². The molecule has 2 aromatic heterocycles. The third kappa shape index (κ3) is 8.07. The van der Waals surface area contributed by atoms with Crippen molar-refractivity contribution in [3.8, 4) is 0 Å². The predicted molar refractivity (Wildman–Crippen MR) is 280 cm³/mol. The second kappa shape index (κ2) is 20.5. The Hall–Kier alpha value is -5.64. The summed E-state index contributed by atoms with van der Waals surface area (Å²) in [5, 5.41) is 6.84. The molecule has 10 heteroatoms. The highest BCUT2D eigenvalue weighted by atomic mass is 16.6. The molecule has 10 nitrogen and oxygen atoms in total. The Morgan fingerprint density at radius 2 is 0.721 bits per heavy atom. The molecule has 0 fully saturated rings. The third-order valence-electron chi connectivity index (χ3n) is 15.0. The van der Waals surface area contributed by atoms with E-state index in [0.717, 1.165) is 64.2 Å². The molecule has 0 bridgehead atoms. The van der Waals surface area contributed by atoms with Gasteiger partial charge in [-0.05, 0) is 132 Å². The highest BCUT2D eigenvalue weighted by Gasteiger charge is 2.35. The van der Waals surface area contributed by atoms with Crippen LogP contribution in [0.2, 0.25) is 0 Å². The van der Waals surface area contributed by atoms with Crippen molar-refractivity contribution in [2.24, 2.45) is 0 Å². The molecule has 0 amide bonds. The molecule has 0 saturated heterocycles. The smallest absolute Gasteiger partial charge is 0.339 e. The van der Waals surface area contributed by atoms with E-state index < -0.39 is 35.3 Å². The minimum absolute atomic E-state index is 0.0172. The van der Waals surface area contributed by atoms with E-state index in [1.807, 2.05) is 53.7 Å². The van der Waals surface area contributed by atoms with Crippen molar-refractivity contribution in [1.82, 2.24) is 9.13 Å². The number of hydrogen-bond acceptors (Lipinski definition) is 8. The van der Waals surface area contributed by atoms with Crippen LogP contribution in [0.1, 0.15) is 204 Å². The van der Waals surface area contributed by atoms with Gasteiger partial charge in [0.05, 0.1) is 11.1 Å². The second-order valence-electron chi connectivity index (χ2n) is 19.6. The summed E-state index contributed by atoms with van der Waals surface area (Å²) in [5.41, 5.74) is -1.63. The highest BCUT2D eigenvalue weighted by Crippen LogP contribution is 2.50. The molecule has 0 saturated carbocycles. The SMILES string of the molecule is CCCCCC(CC)OC(=O)c1c(C(=O)OC(CC)CCCCC)c2cc3c(=O)n(C(CCC)CCC)c(=O)c4ccc5c6ccc7c(=O)n(C(CCC)CCC)c(=O)c8cc1c(c2c5c43)c6c78. The first kappa shape index (κ1) is 48.8. The Morgan fingerprint density at radius 3 is 1.04 bits per heavy atom. The Kier molecular flexibility index (Phi) is 14.7. The van der Waals surface area contributed by atoms with Crippen LogP contribution in [-0.2, 0) is 9.47 Å². The highest BCUT2D eigenvalue weighted by molar-refractivity contribution is 6.47. The molecule has 8 rings (SSSR count). The summed E-state index contributed by atoms with van der Waals surface area (Å²) < 4.78 is 15.8. The van der Waals surface area contributed by atoms with Gasteiger partial charge in [0.1, 0.15) is 12.2 Å². The Bertz CT molecular complexity index is 3110. The third-order valence-corrected chi connectivity index (χ3v) is 15.0. The van der Waals surface area contributed by atoms with E-state index in [9.17, 15) is 9.59 Å². The summed E-state index contributed by atoms with van der Waals surface area (Å²) in [4.78, 5) is 91.0. The van der Waals surface area contributed by atoms with Crippen molar-refractivity contribution in [2.75, 3.05) is 0 Å². The predicted octanol–water partition coefficient (Wildman–Crippen LogP) is 13.9. The zero-order chi connectivity index (χ0) is 48.6. The fraction of sp³-hybridized carbons (Fsp3) is 0.517. The van der Waals surface area contributed by atoms with Gasteiger partial charge < -0.3 is 9.47 Å². The number of benzene rings is 6. The standard InChI is InChI=1S/C58H70N2O8/c1-9-17-19-25-35(15-7)67-57(65)51-41-31-43-45-39(53(61)59(55(43)63)33(21-11-3)22-12-4)29-27-37-38-28-30-40-46-44(56(64)60(54(40)62)34(23-13-5)24-14-6)32-42(50(48(38)46)49(41)47(37)45)52(51)58(66)68-36(16-8)26-20-18-10-2/h27-36H,9-26H2,1-8H3. The van der Waals surface area contributed by atoms with Crippen LogP contribution in [0.25, 0.3) is 75.4 Å². The molecule has 8 aromatic rings. The Morgan fingerprint density at radius 1 is 0.397 bits per heavy atom. The number of esters is 2. The molecule has 2 heterocycles. The van der Waals surface area contributed by atoms with Gasteiger partial charge in [0.15, 0.2) is 0 Å². The van der Waals surface area contributed by atoms with Gasteiger partial charge in [-0.1, -0.05) is 119 Å². The minimum atomic E-state index is -0.709. The maximum Gasteiger partial charge on any atom is 0.339 e. The number of carbonyl (C=O) groups excluding carboxylic acids is 2. The van der Waals surface area contributed by atoms with E-state index in [1.165, 1.54) is 9.13 Å². The first-order valence-electron chi connectivity index (χ1n) is 26.2. The van der Waals surface area contributed by atoms with Gasteiger partial charge in [0.2, 0.25) is 0 Å². The van der Waals surface area contributed by atoms with E-state index in [0.29, 0.717) is 116 Å². The number of hydrogen-bond donors (Lipinski definition) is 0. The lowest BCUT2D eigenvalue weighted by atomic mass is 9.79. The molecule has 6 aromatic carbocycles. The van der Waals surface area contributed by atoms with Crippen molar-refractivity contribution in [3.63, 3.8) is 0 Å². The van der Waals surface area contributed by atoms with Gasteiger partial charge in [-0.3, -0.25) is 28.3 Å². The van der Waals surface area contributed by atoms with E-state index in [1.54, 1.807) is 24.3 Å². The molecule has 2 unspecified atom stereocenters. The average molecular weight is 923 g/mol. The molecule has 0 aliphatic heterocycles. The number of unbranched alkanes of at least 4 members (excludes halogenated alkanes) is 4. The lowest BCUT2D eigenvalue weighted by Gasteiger charge is -2.26. The first-order chi connectivity index (χ1) is 33.0. The maximum absolute atomic E-state index is 15.5. The molecule has 0 radical (unpaired) electrons. The molecular formula is C58H70N2O8. The second-order valence-corrected chi connectivity index (χ2v) is 19.6. The number of fused-ring (bicyclic) bond motifs is 1. The van der Waals surface area contributed by atoms with E-state index >= 15 is 19.2 Å². The molecular weight excluding hydrogens is 853 g/mol. The van der Waals surface area contributed by atoms with Crippen molar-refractivity contribution < 1.29 is 19.1 Å². The van der Waals surface area contributed by atoms with Crippen LogP contribution >= 0.6 is 0 Å². The molecule has 0 aliphatic carbocycles. The van der Waals surface area contributed by atoms with Crippen molar-refractivity contribution in [2.45, 2.75) is 195 Å². The monoisotopic (exact) mass is 923 g/mol. The fourth-order valence-corrected chi connectivity index (χ4v) is 11.7. The molecule has 0 aliphatic rings. The van der Waals surface area contributed by atoms with E-state index in [4.69, 9.17) is 9.47 Å². The number of carbonyl (C=O) groups is 2. The minimum Gasteiger partial charge on any atom is -0.459 e. The molecule has 68 heavy (non-hydrogen) atoms. The average Bonchev–Trinajstić information content (AvgIpc) is 3.33. The Balaban J connectivity index is 1.62. The van der Waals surface area contributed by atoms with Gasteiger partial charge in [0, 0.05) is 44.4 Å². The van der Waals surface area contributed by atoms with Crippen LogP contribution in [0, 0.1) is 0 Å². The zero-order valence-electron chi connectivity index (χ0n) is 41.7. The summed E-state index contributed by atoms with van der Waals surface area (Å²) in [6, 6.07) is 10.2. The fourth-order valence-electron chi connectivity index (χ4n) is 11.7. The lowest BCUT2D eigenvalue weighted by molar-refractivity contribution is 0.0223. The van der Waals surface area contributed by atoms with Gasteiger partial charge in [-0.25, -0.2) is 9.59 Å². The molecule has 0 spiro atoms. The summed E-state index contributed by atoms with van der Waals surface area (Å²) in [6.07, 6.45) is 12.8. The number of nitrogens with zero attached hydrogens (tertiary/aromatic N) is 2. The first-order valence-corrected chi connectivity index (χ1v) is 26.2. The van der Waals surface area contributed by atoms with Gasteiger partial charge in [-0.15, -0.1) is 0 Å².